The Bertz CT molecular complexity index is 380. The first-order valence-corrected chi connectivity index (χ1v) is 7.52. The number of likely N-dealkylation sites (tertiary alicyclic amines) is 1. The van der Waals surface area contributed by atoms with Crippen LogP contribution in [0, 0.1) is 0 Å². The molecule has 4 nitrogen and oxygen atoms in total. The molecule has 1 fully saturated rings. The van der Waals surface area contributed by atoms with E-state index in [2.05, 4.69) is 0 Å². The molecule has 0 aromatic heterocycles. The lowest BCUT2D eigenvalue weighted by Crippen LogP contribution is -3.12. The predicted octanol–water partition coefficient (Wildman–Crippen LogP) is 1.54. The van der Waals surface area contributed by atoms with Gasteiger partial charge in [0.05, 0.1) is 40.5 Å². The van der Waals surface area contributed by atoms with E-state index in [9.17, 15) is 0 Å². The molecule has 0 amide bonds. The minimum Gasteiger partial charge on any atom is -0.493 e. The Morgan fingerprint density at radius 1 is 1.00 bits per heavy atom. The number of hydrogen-bond donors (Lipinski definition) is 1. The van der Waals surface area contributed by atoms with Gasteiger partial charge in [-0.15, -0.1) is 0 Å². The first kappa shape index (κ1) is 15.0. The van der Waals surface area contributed by atoms with Gasteiger partial charge >= 0.3 is 0 Å². The van der Waals surface area contributed by atoms with Crippen molar-refractivity contribution in [2.75, 3.05) is 40.5 Å². The van der Waals surface area contributed by atoms with Gasteiger partial charge in [-0.25, -0.2) is 0 Å². The van der Waals surface area contributed by atoms with Gasteiger partial charge in [0.1, 0.15) is 0 Å². The lowest BCUT2D eigenvalue weighted by atomic mass is 10.1. The van der Waals surface area contributed by atoms with E-state index in [0.717, 1.165) is 17.9 Å². The summed E-state index contributed by atoms with van der Waals surface area (Å²) in [6.07, 6.45) is 5.21. The van der Waals surface area contributed by atoms with Gasteiger partial charge in [-0.3, -0.25) is 0 Å². The third-order valence-corrected chi connectivity index (χ3v) is 3.86. The normalized spacial score (nSPS) is 15.9. The highest BCUT2D eigenvalue weighted by Crippen LogP contribution is 2.36. The van der Waals surface area contributed by atoms with Crippen LogP contribution in [-0.2, 0) is 0 Å². The summed E-state index contributed by atoms with van der Waals surface area (Å²) >= 11 is 0. The summed E-state index contributed by atoms with van der Waals surface area (Å²) in [6, 6.07) is 5.70. The molecule has 112 valence electrons. The molecule has 1 aromatic rings. The van der Waals surface area contributed by atoms with Crippen LogP contribution in [-0.4, -0.2) is 40.5 Å². The van der Waals surface area contributed by atoms with Gasteiger partial charge in [0, 0.05) is 6.42 Å². The fourth-order valence-corrected chi connectivity index (χ4v) is 2.76. The molecule has 0 bridgehead atoms. The average Bonchev–Trinajstić information content (AvgIpc) is 2.52. The highest BCUT2D eigenvalue weighted by Gasteiger charge is 2.14. The minimum atomic E-state index is 0.709. The van der Waals surface area contributed by atoms with Crippen LogP contribution in [0.2, 0.25) is 0 Å². The highest BCUT2D eigenvalue weighted by atomic mass is 16.5. The third kappa shape index (κ3) is 4.04. The zero-order chi connectivity index (χ0) is 14.2. The summed E-state index contributed by atoms with van der Waals surface area (Å²) in [5.74, 6) is 2.18. The summed E-state index contributed by atoms with van der Waals surface area (Å²) < 4.78 is 16.5. The molecule has 1 aliphatic rings. The maximum Gasteiger partial charge on any atom is 0.203 e. The molecule has 2 rings (SSSR count). The van der Waals surface area contributed by atoms with E-state index in [4.69, 9.17) is 14.2 Å². The van der Waals surface area contributed by atoms with Gasteiger partial charge in [0.2, 0.25) is 5.75 Å². The third-order valence-electron chi connectivity index (χ3n) is 3.86. The fraction of sp³-hybridized carbons (Fsp3) is 0.625. The van der Waals surface area contributed by atoms with Crippen LogP contribution in [0.1, 0.15) is 25.7 Å². The maximum atomic E-state index is 5.88. The van der Waals surface area contributed by atoms with Crippen molar-refractivity contribution in [1.29, 1.82) is 0 Å². The number of hydrogen-bond acceptors (Lipinski definition) is 3. The quantitative estimate of drug-likeness (QED) is 0.769. The molecule has 0 atom stereocenters. The molecule has 1 N–H and O–H groups in total. The van der Waals surface area contributed by atoms with Crippen molar-refractivity contribution in [2.24, 2.45) is 0 Å². The van der Waals surface area contributed by atoms with E-state index in [1.165, 1.54) is 38.9 Å². The fourth-order valence-electron chi connectivity index (χ4n) is 2.76. The van der Waals surface area contributed by atoms with Crippen LogP contribution in [0.3, 0.4) is 0 Å². The Hall–Kier alpha value is -1.42. The molecule has 0 aliphatic carbocycles. The van der Waals surface area contributed by atoms with Crippen molar-refractivity contribution in [1.82, 2.24) is 0 Å². The number of ether oxygens (including phenoxy) is 3. The zero-order valence-corrected chi connectivity index (χ0v) is 12.6. The van der Waals surface area contributed by atoms with E-state index in [0.29, 0.717) is 12.4 Å². The highest BCUT2D eigenvalue weighted by molar-refractivity contribution is 5.51. The number of nitrogens with one attached hydrogen (secondary N) is 1. The van der Waals surface area contributed by atoms with Crippen molar-refractivity contribution in [2.45, 2.75) is 25.7 Å². The number of methoxy groups -OCH3 is 2. The second-order valence-electron chi connectivity index (χ2n) is 5.25. The van der Waals surface area contributed by atoms with Gasteiger partial charge in [-0.05, 0) is 31.4 Å². The van der Waals surface area contributed by atoms with Gasteiger partial charge < -0.3 is 19.1 Å². The van der Waals surface area contributed by atoms with E-state index < -0.39 is 0 Å². The van der Waals surface area contributed by atoms with Crippen molar-refractivity contribution in [3.05, 3.63) is 18.2 Å². The number of piperidine rings is 1. The van der Waals surface area contributed by atoms with E-state index in [1.807, 2.05) is 18.2 Å². The molecule has 4 heteroatoms. The lowest BCUT2D eigenvalue weighted by Gasteiger charge is -2.23. The van der Waals surface area contributed by atoms with E-state index in [-0.39, 0.29) is 0 Å². The lowest BCUT2D eigenvalue weighted by molar-refractivity contribution is -0.905. The molecule has 0 saturated carbocycles. The first-order chi connectivity index (χ1) is 9.85. The Kier molecular flexibility index (Phi) is 5.99. The molecule has 1 aliphatic heterocycles. The minimum absolute atomic E-state index is 0.709. The molecule has 20 heavy (non-hydrogen) atoms. The summed E-state index contributed by atoms with van der Waals surface area (Å²) in [4.78, 5) is 1.71. The number of quaternary nitrogens is 1. The smallest absolute Gasteiger partial charge is 0.203 e. The van der Waals surface area contributed by atoms with Crippen molar-refractivity contribution in [3.8, 4) is 17.2 Å². The molecular weight excluding hydrogens is 254 g/mol. The van der Waals surface area contributed by atoms with Crippen LogP contribution in [0.25, 0.3) is 0 Å². The van der Waals surface area contributed by atoms with Crippen molar-refractivity contribution >= 4 is 0 Å². The second-order valence-corrected chi connectivity index (χ2v) is 5.25. The Morgan fingerprint density at radius 3 is 2.25 bits per heavy atom. The van der Waals surface area contributed by atoms with Gasteiger partial charge in [0.25, 0.3) is 0 Å². The molecule has 1 saturated heterocycles. The number of rotatable bonds is 7. The zero-order valence-electron chi connectivity index (χ0n) is 12.6. The average molecular weight is 280 g/mol. The van der Waals surface area contributed by atoms with Crippen molar-refractivity contribution < 1.29 is 19.1 Å². The summed E-state index contributed by atoms with van der Waals surface area (Å²) in [5.41, 5.74) is 0. The van der Waals surface area contributed by atoms with E-state index in [1.54, 1.807) is 19.1 Å². The Balaban J connectivity index is 1.81. The standard InChI is InChI=1S/C16H25NO3/c1-18-14-8-6-9-15(19-2)16(14)20-13-7-12-17-10-4-3-5-11-17/h6,8-9H,3-5,7,10-13H2,1-2H3/p+1. The Morgan fingerprint density at radius 2 is 1.65 bits per heavy atom. The van der Waals surface area contributed by atoms with Gasteiger partial charge in [0.15, 0.2) is 11.5 Å². The van der Waals surface area contributed by atoms with Crippen LogP contribution < -0.4 is 19.1 Å². The van der Waals surface area contributed by atoms with Gasteiger partial charge in [-0.2, -0.15) is 0 Å². The molecule has 0 unspecified atom stereocenters. The number of benzene rings is 1. The second kappa shape index (κ2) is 8.00. The monoisotopic (exact) mass is 280 g/mol. The SMILES string of the molecule is COc1cccc(OC)c1OCCC[NH+]1CCCCC1. The molecule has 1 heterocycles. The predicted molar refractivity (Wildman–Crippen MR) is 79.1 cm³/mol. The van der Waals surface area contributed by atoms with Crippen LogP contribution >= 0.6 is 0 Å². The van der Waals surface area contributed by atoms with Crippen LogP contribution in [0.4, 0.5) is 0 Å². The molecule has 0 spiro atoms. The van der Waals surface area contributed by atoms with Gasteiger partial charge in [-0.1, -0.05) is 6.07 Å². The first-order valence-electron chi connectivity index (χ1n) is 7.52. The maximum absolute atomic E-state index is 5.88. The largest absolute Gasteiger partial charge is 0.493 e. The number of para-hydroxylation sites is 1. The Labute approximate surface area is 121 Å². The van der Waals surface area contributed by atoms with Crippen LogP contribution in [0.5, 0.6) is 17.2 Å². The summed E-state index contributed by atoms with van der Waals surface area (Å²) in [5, 5.41) is 0. The van der Waals surface area contributed by atoms with E-state index >= 15 is 0 Å². The van der Waals surface area contributed by atoms with Crippen molar-refractivity contribution in [3.63, 3.8) is 0 Å². The summed E-state index contributed by atoms with van der Waals surface area (Å²) in [7, 11) is 3.30. The molecule has 1 aromatic carbocycles. The molecule has 0 radical (unpaired) electrons. The topological polar surface area (TPSA) is 32.1 Å². The molecular formula is C16H26NO3+. The van der Waals surface area contributed by atoms with Crippen LogP contribution in [0.15, 0.2) is 18.2 Å². The summed E-state index contributed by atoms with van der Waals surface area (Å²) in [6.45, 7) is 4.54.